The molecule has 1 aliphatic rings. The van der Waals surface area contributed by atoms with Crippen LogP contribution < -0.4 is 10.5 Å². The molecule has 0 spiro atoms. The molecule has 0 aliphatic carbocycles. The minimum absolute atomic E-state index is 0.127. The quantitative estimate of drug-likeness (QED) is 0.817. The van der Waals surface area contributed by atoms with Crippen LogP contribution in [0.15, 0.2) is 23.1 Å². The number of halogens is 1. The molecular formula is C12H17FN2O3S. The van der Waals surface area contributed by atoms with E-state index >= 15 is 0 Å². The second-order valence-corrected chi connectivity index (χ2v) is 6.23. The van der Waals surface area contributed by atoms with Gasteiger partial charge in [0.2, 0.25) is 10.0 Å². The van der Waals surface area contributed by atoms with Crippen LogP contribution in [0.2, 0.25) is 0 Å². The third kappa shape index (κ3) is 3.43. The van der Waals surface area contributed by atoms with Gasteiger partial charge in [0, 0.05) is 13.2 Å². The molecule has 1 heterocycles. The van der Waals surface area contributed by atoms with Crippen molar-refractivity contribution in [3.8, 4) is 0 Å². The molecule has 2 rings (SSSR count). The minimum atomic E-state index is -3.81. The van der Waals surface area contributed by atoms with E-state index in [2.05, 4.69) is 4.72 Å². The molecule has 1 fully saturated rings. The third-order valence-corrected chi connectivity index (χ3v) is 4.56. The van der Waals surface area contributed by atoms with E-state index in [1.165, 1.54) is 12.1 Å². The Morgan fingerprint density at radius 1 is 1.42 bits per heavy atom. The highest BCUT2D eigenvalue weighted by molar-refractivity contribution is 7.89. The molecule has 5 nitrogen and oxygen atoms in total. The normalized spacial score (nSPS) is 20.4. The van der Waals surface area contributed by atoms with Gasteiger partial charge in [0.25, 0.3) is 0 Å². The highest BCUT2D eigenvalue weighted by atomic mass is 32.2. The van der Waals surface area contributed by atoms with E-state index in [1.54, 1.807) is 0 Å². The van der Waals surface area contributed by atoms with Gasteiger partial charge in [-0.05, 0) is 31.4 Å². The molecule has 3 N–H and O–H groups in total. The summed E-state index contributed by atoms with van der Waals surface area (Å²) in [7, 11) is -3.81. The molecule has 1 aromatic rings. The Balaban J connectivity index is 2.07. The molecular weight excluding hydrogens is 271 g/mol. The van der Waals surface area contributed by atoms with Crippen LogP contribution in [0.1, 0.15) is 19.3 Å². The van der Waals surface area contributed by atoms with Crippen LogP contribution >= 0.6 is 0 Å². The smallest absolute Gasteiger partial charge is 0.242 e. The zero-order valence-corrected chi connectivity index (χ0v) is 11.2. The summed E-state index contributed by atoms with van der Waals surface area (Å²) in [4.78, 5) is -0.233. The molecule has 1 saturated heterocycles. The largest absolute Gasteiger partial charge is 0.395 e. The van der Waals surface area contributed by atoms with E-state index in [9.17, 15) is 12.8 Å². The maximum atomic E-state index is 13.3. The lowest BCUT2D eigenvalue weighted by molar-refractivity contribution is 0.0200. The fourth-order valence-corrected chi connectivity index (χ4v) is 3.21. The minimum Gasteiger partial charge on any atom is -0.395 e. The van der Waals surface area contributed by atoms with E-state index in [0.29, 0.717) is 6.61 Å². The van der Waals surface area contributed by atoms with Crippen LogP contribution in [0.4, 0.5) is 10.1 Å². The van der Waals surface area contributed by atoms with Crippen molar-refractivity contribution in [3.05, 3.63) is 24.0 Å². The Kier molecular flexibility index (Phi) is 4.38. The Bertz CT molecular complexity index is 542. The summed E-state index contributed by atoms with van der Waals surface area (Å²) in [6.45, 7) is 0.826. The summed E-state index contributed by atoms with van der Waals surface area (Å²) in [5, 5.41) is 0. The Hall–Kier alpha value is -1.18. The van der Waals surface area contributed by atoms with E-state index < -0.39 is 15.8 Å². The van der Waals surface area contributed by atoms with E-state index in [1.807, 2.05) is 0 Å². The topological polar surface area (TPSA) is 81.4 Å². The van der Waals surface area contributed by atoms with Gasteiger partial charge in [0.1, 0.15) is 10.7 Å². The molecule has 7 heteroatoms. The van der Waals surface area contributed by atoms with Gasteiger partial charge in [-0.15, -0.1) is 0 Å². The van der Waals surface area contributed by atoms with Gasteiger partial charge in [0.05, 0.1) is 11.8 Å². The number of hydrogen-bond acceptors (Lipinski definition) is 4. The summed E-state index contributed by atoms with van der Waals surface area (Å²) in [5.74, 6) is -0.739. The van der Waals surface area contributed by atoms with Gasteiger partial charge in [-0.3, -0.25) is 0 Å². The molecule has 0 radical (unpaired) electrons. The van der Waals surface area contributed by atoms with Gasteiger partial charge in [-0.1, -0.05) is 6.07 Å². The molecule has 0 amide bonds. The van der Waals surface area contributed by atoms with E-state index in [4.69, 9.17) is 10.5 Å². The van der Waals surface area contributed by atoms with Crippen molar-refractivity contribution in [1.82, 2.24) is 4.72 Å². The predicted octanol–water partition coefficient (Wildman–Crippen LogP) is 1.26. The van der Waals surface area contributed by atoms with Gasteiger partial charge in [0.15, 0.2) is 0 Å². The fourth-order valence-electron chi connectivity index (χ4n) is 2.00. The van der Waals surface area contributed by atoms with Crippen molar-refractivity contribution in [2.24, 2.45) is 0 Å². The zero-order chi connectivity index (χ0) is 13.9. The van der Waals surface area contributed by atoms with Crippen LogP contribution in [0.25, 0.3) is 0 Å². The van der Waals surface area contributed by atoms with Crippen LogP contribution in [0, 0.1) is 5.82 Å². The Morgan fingerprint density at radius 3 is 2.89 bits per heavy atom. The molecule has 1 atom stereocenters. The molecule has 0 bridgehead atoms. The zero-order valence-electron chi connectivity index (χ0n) is 10.4. The van der Waals surface area contributed by atoms with Crippen LogP contribution in [0.5, 0.6) is 0 Å². The first-order chi connectivity index (χ1) is 9.00. The van der Waals surface area contributed by atoms with Gasteiger partial charge in [-0.2, -0.15) is 0 Å². The first kappa shape index (κ1) is 14.2. The number of sulfonamides is 1. The summed E-state index contributed by atoms with van der Waals surface area (Å²) in [5.41, 5.74) is 5.09. The van der Waals surface area contributed by atoms with Crippen LogP contribution in [-0.4, -0.2) is 27.7 Å². The van der Waals surface area contributed by atoms with Crippen molar-refractivity contribution in [2.75, 3.05) is 18.9 Å². The monoisotopic (exact) mass is 288 g/mol. The summed E-state index contributed by atoms with van der Waals surface area (Å²) >= 11 is 0. The summed E-state index contributed by atoms with van der Waals surface area (Å²) < 4.78 is 45.2. The summed E-state index contributed by atoms with van der Waals surface area (Å²) in [6, 6.07) is 3.72. The average molecular weight is 288 g/mol. The SMILES string of the molecule is Nc1c(F)cccc1S(=O)(=O)NCC1CCCCO1. The third-order valence-electron chi connectivity index (χ3n) is 3.08. The standard InChI is InChI=1S/C12H17FN2O3S/c13-10-5-3-6-11(12(10)14)19(16,17)15-8-9-4-1-2-7-18-9/h3,5-6,9,15H,1-2,4,7-8,14H2. The van der Waals surface area contributed by atoms with E-state index in [0.717, 1.165) is 25.3 Å². The molecule has 106 valence electrons. The molecule has 1 aromatic carbocycles. The highest BCUT2D eigenvalue weighted by Gasteiger charge is 2.22. The van der Waals surface area contributed by atoms with Crippen LogP contribution in [0.3, 0.4) is 0 Å². The van der Waals surface area contributed by atoms with Gasteiger partial charge >= 0.3 is 0 Å². The lowest BCUT2D eigenvalue weighted by Crippen LogP contribution is -2.35. The van der Waals surface area contributed by atoms with Gasteiger partial charge < -0.3 is 10.5 Å². The van der Waals surface area contributed by atoms with Crippen molar-refractivity contribution in [2.45, 2.75) is 30.3 Å². The molecule has 1 aliphatic heterocycles. The summed E-state index contributed by atoms with van der Waals surface area (Å²) in [6.07, 6.45) is 2.72. The number of ether oxygens (including phenoxy) is 1. The lowest BCUT2D eigenvalue weighted by atomic mass is 10.1. The average Bonchev–Trinajstić information content (AvgIpc) is 2.41. The van der Waals surface area contributed by atoms with Crippen molar-refractivity contribution in [3.63, 3.8) is 0 Å². The maximum absolute atomic E-state index is 13.3. The first-order valence-corrected chi connectivity index (χ1v) is 7.64. The number of rotatable bonds is 4. The molecule has 0 saturated carbocycles. The highest BCUT2D eigenvalue weighted by Crippen LogP contribution is 2.21. The van der Waals surface area contributed by atoms with Crippen molar-refractivity contribution < 1.29 is 17.5 Å². The number of anilines is 1. The van der Waals surface area contributed by atoms with Crippen LogP contribution in [-0.2, 0) is 14.8 Å². The number of para-hydroxylation sites is 1. The Morgan fingerprint density at radius 2 is 2.21 bits per heavy atom. The number of nitrogens with two attached hydrogens (primary N) is 1. The number of nitrogen functional groups attached to an aromatic ring is 1. The maximum Gasteiger partial charge on any atom is 0.242 e. The number of hydrogen-bond donors (Lipinski definition) is 2. The van der Waals surface area contributed by atoms with Gasteiger partial charge in [-0.25, -0.2) is 17.5 Å². The second kappa shape index (κ2) is 5.85. The van der Waals surface area contributed by atoms with Crippen molar-refractivity contribution >= 4 is 15.7 Å². The Labute approximate surface area is 112 Å². The van der Waals surface area contributed by atoms with E-state index in [-0.39, 0.29) is 23.2 Å². The first-order valence-electron chi connectivity index (χ1n) is 6.16. The lowest BCUT2D eigenvalue weighted by Gasteiger charge is -2.22. The number of nitrogens with one attached hydrogen (secondary N) is 1. The molecule has 19 heavy (non-hydrogen) atoms. The molecule has 1 unspecified atom stereocenters. The second-order valence-electron chi connectivity index (χ2n) is 4.49. The number of benzene rings is 1. The predicted molar refractivity (Wildman–Crippen MR) is 69.6 cm³/mol. The van der Waals surface area contributed by atoms with Crippen molar-refractivity contribution in [1.29, 1.82) is 0 Å². The molecule has 0 aromatic heterocycles. The fraction of sp³-hybridized carbons (Fsp3) is 0.500.